The SMILES string of the molecule is COC1(c2nccc(N)n2)CCCC(C)C1. The second-order valence-electron chi connectivity index (χ2n) is 4.71. The zero-order chi connectivity index (χ0) is 11.6. The molecular formula is C12H19N3O. The van der Waals surface area contributed by atoms with E-state index in [1.807, 2.05) is 0 Å². The number of nitrogen functional groups attached to an aromatic ring is 1. The van der Waals surface area contributed by atoms with Crippen LogP contribution in [0.2, 0.25) is 0 Å². The molecule has 0 aromatic carbocycles. The molecule has 16 heavy (non-hydrogen) atoms. The highest BCUT2D eigenvalue weighted by Gasteiger charge is 2.39. The van der Waals surface area contributed by atoms with Crippen molar-refractivity contribution >= 4 is 5.82 Å². The monoisotopic (exact) mass is 221 g/mol. The molecule has 0 spiro atoms. The quantitative estimate of drug-likeness (QED) is 0.830. The summed E-state index contributed by atoms with van der Waals surface area (Å²) in [6.45, 7) is 2.25. The first-order valence-electron chi connectivity index (χ1n) is 5.80. The van der Waals surface area contributed by atoms with E-state index in [4.69, 9.17) is 10.5 Å². The average molecular weight is 221 g/mol. The summed E-state index contributed by atoms with van der Waals surface area (Å²) in [5, 5.41) is 0. The molecule has 0 amide bonds. The summed E-state index contributed by atoms with van der Waals surface area (Å²) in [4.78, 5) is 8.64. The van der Waals surface area contributed by atoms with Gasteiger partial charge in [0.15, 0.2) is 5.82 Å². The molecule has 1 heterocycles. The van der Waals surface area contributed by atoms with E-state index in [0.29, 0.717) is 11.7 Å². The van der Waals surface area contributed by atoms with E-state index in [1.54, 1.807) is 19.4 Å². The fourth-order valence-electron chi connectivity index (χ4n) is 2.58. The topological polar surface area (TPSA) is 61.0 Å². The second kappa shape index (κ2) is 4.37. The molecule has 1 aliphatic rings. The van der Waals surface area contributed by atoms with Crippen LogP contribution in [0.5, 0.6) is 0 Å². The van der Waals surface area contributed by atoms with E-state index in [-0.39, 0.29) is 5.60 Å². The molecular weight excluding hydrogens is 202 g/mol. The predicted octanol–water partition coefficient (Wildman–Crippen LogP) is 2.11. The van der Waals surface area contributed by atoms with Crippen molar-refractivity contribution in [2.24, 2.45) is 5.92 Å². The lowest BCUT2D eigenvalue weighted by Gasteiger charge is -2.37. The Morgan fingerprint density at radius 1 is 1.56 bits per heavy atom. The number of hydrogen-bond donors (Lipinski definition) is 1. The van der Waals surface area contributed by atoms with Gasteiger partial charge in [0.25, 0.3) is 0 Å². The predicted molar refractivity (Wildman–Crippen MR) is 62.8 cm³/mol. The van der Waals surface area contributed by atoms with Gasteiger partial charge in [0.1, 0.15) is 11.4 Å². The smallest absolute Gasteiger partial charge is 0.162 e. The van der Waals surface area contributed by atoms with Crippen LogP contribution < -0.4 is 5.73 Å². The number of rotatable bonds is 2. The maximum atomic E-state index is 5.71. The van der Waals surface area contributed by atoms with Crippen LogP contribution in [0.15, 0.2) is 12.3 Å². The number of aromatic nitrogens is 2. The molecule has 4 heteroatoms. The van der Waals surface area contributed by atoms with E-state index in [1.165, 1.54) is 6.42 Å². The van der Waals surface area contributed by atoms with Crippen molar-refractivity contribution < 1.29 is 4.74 Å². The third-order valence-electron chi connectivity index (χ3n) is 3.43. The summed E-state index contributed by atoms with van der Waals surface area (Å²) in [6.07, 6.45) is 6.09. The zero-order valence-electron chi connectivity index (χ0n) is 9.94. The van der Waals surface area contributed by atoms with Crippen molar-refractivity contribution in [1.82, 2.24) is 9.97 Å². The average Bonchev–Trinajstić information content (AvgIpc) is 2.29. The van der Waals surface area contributed by atoms with Gasteiger partial charge in [-0.2, -0.15) is 0 Å². The van der Waals surface area contributed by atoms with Crippen LogP contribution >= 0.6 is 0 Å². The van der Waals surface area contributed by atoms with Crippen LogP contribution in [0.4, 0.5) is 5.82 Å². The van der Waals surface area contributed by atoms with Gasteiger partial charge in [-0.05, 0) is 31.2 Å². The van der Waals surface area contributed by atoms with Gasteiger partial charge in [0, 0.05) is 13.3 Å². The van der Waals surface area contributed by atoms with E-state index in [9.17, 15) is 0 Å². The molecule has 4 nitrogen and oxygen atoms in total. The minimum absolute atomic E-state index is 0.326. The molecule has 1 aromatic rings. The van der Waals surface area contributed by atoms with Crippen molar-refractivity contribution in [3.8, 4) is 0 Å². The van der Waals surface area contributed by atoms with E-state index >= 15 is 0 Å². The number of ether oxygens (including phenoxy) is 1. The molecule has 0 saturated heterocycles. The molecule has 2 rings (SSSR count). The fourth-order valence-corrected chi connectivity index (χ4v) is 2.58. The van der Waals surface area contributed by atoms with Crippen LogP contribution in [0.25, 0.3) is 0 Å². The lowest BCUT2D eigenvalue weighted by molar-refractivity contribution is -0.0645. The first-order valence-corrected chi connectivity index (χ1v) is 5.80. The van der Waals surface area contributed by atoms with Gasteiger partial charge in [-0.1, -0.05) is 13.3 Å². The number of nitrogens with two attached hydrogens (primary N) is 1. The fraction of sp³-hybridized carbons (Fsp3) is 0.667. The highest BCUT2D eigenvalue weighted by Crippen LogP contribution is 2.40. The highest BCUT2D eigenvalue weighted by molar-refractivity contribution is 5.26. The minimum Gasteiger partial charge on any atom is -0.384 e. The molecule has 1 aliphatic carbocycles. The third kappa shape index (κ3) is 2.02. The van der Waals surface area contributed by atoms with Crippen molar-refractivity contribution in [2.75, 3.05) is 12.8 Å². The maximum absolute atomic E-state index is 5.71. The van der Waals surface area contributed by atoms with Gasteiger partial charge < -0.3 is 10.5 Å². The Bertz CT molecular complexity index is 369. The van der Waals surface area contributed by atoms with E-state index in [0.717, 1.165) is 25.1 Å². The largest absolute Gasteiger partial charge is 0.384 e. The Labute approximate surface area is 96.2 Å². The standard InChI is InChI=1S/C12H19N3O/c1-9-4-3-6-12(8-9,16-2)11-14-7-5-10(13)15-11/h5,7,9H,3-4,6,8H2,1-2H3,(H2,13,14,15). The molecule has 0 bridgehead atoms. The van der Waals surface area contributed by atoms with Gasteiger partial charge in [0.05, 0.1) is 0 Å². The second-order valence-corrected chi connectivity index (χ2v) is 4.71. The van der Waals surface area contributed by atoms with Gasteiger partial charge in [0.2, 0.25) is 0 Å². The summed E-state index contributed by atoms with van der Waals surface area (Å²) >= 11 is 0. The summed E-state index contributed by atoms with van der Waals surface area (Å²) in [5.74, 6) is 1.90. The molecule has 2 unspecified atom stereocenters. The highest BCUT2D eigenvalue weighted by atomic mass is 16.5. The van der Waals surface area contributed by atoms with Gasteiger partial charge in [-0.25, -0.2) is 9.97 Å². The van der Waals surface area contributed by atoms with E-state index < -0.39 is 0 Å². The summed E-state index contributed by atoms with van der Waals surface area (Å²) in [6, 6.07) is 1.71. The van der Waals surface area contributed by atoms with E-state index in [2.05, 4.69) is 16.9 Å². The van der Waals surface area contributed by atoms with Crippen molar-refractivity contribution in [2.45, 2.75) is 38.2 Å². The number of nitrogens with zero attached hydrogens (tertiary/aromatic N) is 2. The van der Waals surface area contributed by atoms with Crippen LogP contribution in [-0.2, 0) is 10.3 Å². The number of anilines is 1. The van der Waals surface area contributed by atoms with Gasteiger partial charge in [-0.3, -0.25) is 0 Å². The maximum Gasteiger partial charge on any atom is 0.162 e. The number of methoxy groups -OCH3 is 1. The summed E-state index contributed by atoms with van der Waals surface area (Å²) < 4.78 is 5.71. The minimum atomic E-state index is -0.326. The molecule has 2 atom stereocenters. The summed E-state index contributed by atoms with van der Waals surface area (Å²) in [5.41, 5.74) is 5.38. The zero-order valence-corrected chi connectivity index (χ0v) is 9.94. The third-order valence-corrected chi connectivity index (χ3v) is 3.43. The Balaban J connectivity index is 2.33. The lowest BCUT2D eigenvalue weighted by atomic mass is 9.78. The molecule has 0 aliphatic heterocycles. The van der Waals surface area contributed by atoms with Crippen molar-refractivity contribution in [3.63, 3.8) is 0 Å². The van der Waals surface area contributed by atoms with Crippen LogP contribution in [0.3, 0.4) is 0 Å². The first kappa shape index (κ1) is 11.3. The molecule has 1 saturated carbocycles. The van der Waals surface area contributed by atoms with Crippen LogP contribution in [-0.4, -0.2) is 17.1 Å². The molecule has 1 aromatic heterocycles. The molecule has 88 valence electrons. The van der Waals surface area contributed by atoms with Crippen molar-refractivity contribution in [1.29, 1.82) is 0 Å². The Morgan fingerprint density at radius 2 is 2.38 bits per heavy atom. The lowest BCUT2D eigenvalue weighted by Crippen LogP contribution is -2.36. The molecule has 2 N–H and O–H groups in total. The molecule has 0 radical (unpaired) electrons. The van der Waals surface area contributed by atoms with Crippen molar-refractivity contribution in [3.05, 3.63) is 18.1 Å². The Hall–Kier alpha value is -1.16. The van der Waals surface area contributed by atoms with Gasteiger partial charge >= 0.3 is 0 Å². The Morgan fingerprint density at radius 3 is 3.00 bits per heavy atom. The molecule has 1 fully saturated rings. The Kier molecular flexibility index (Phi) is 3.10. The summed E-state index contributed by atoms with van der Waals surface area (Å²) in [7, 11) is 1.74. The number of hydrogen-bond acceptors (Lipinski definition) is 4. The first-order chi connectivity index (χ1) is 7.66. The van der Waals surface area contributed by atoms with Gasteiger partial charge in [-0.15, -0.1) is 0 Å². The van der Waals surface area contributed by atoms with Crippen LogP contribution in [0, 0.1) is 5.92 Å². The van der Waals surface area contributed by atoms with Crippen LogP contribution in [0.1, 0.15) is 38.4 Å². The normalized spacial score (nSPS) is 30.2.